The molecule has 0 radical (unpaired) electrons. The minimum absolute atomic E-state index is 0.0604. The summed E-state index contributed by atoms with van der Waals surface area (Å²) in [6, 6.07) is 12.9. The van der Waals surface area contributed by atoms with Gasteiger partial charge >= 0.3 is 0 Å². The first kappa shape index (κ1) is 18.9. The third-order valence-electron chi connectivity index (χ3n) is 5.31. The van der Waals surface area contributed by atoms with E-state index in [4.69, 9.17) is 0 Å². The number of carbonyl (C=O) groups excluding carboxylic acids is 1. The maximum atomic E-state index is 13.0. The molecule has 0 atom stereocenters. The lowest BCUT2D eigenvalue weighted by atomic mass is 9.94. The van der Waals surface area contributed by atoms with Crippen molar-refractivity contribution >= 4 is 23.0 Å². The molecule has 0 N–H and O–H groups in total. The summed E-state index contributed by atoms with van der Waals surface area (Å²) in [6.45, 7) is 5.34. The summed E-state index contributed by atoms with van der Waals surface area (Å²) in [4.78, 5) is 27.6. The normalized spacial score (nSPS) is 14.9. The first-order valence-electron chi connectivity index (χ1n) is 9.21. The fourth-order valence-electron chi connectivity index (χ4n) is 3.83. The zero-order valence-corrected chi connectivity index (χ0v) is 16.0. The first-order chi connectivity index (χ1) is 12.9. The Kier molecular flexibility index (Phi) is 5.44. The molecule has 1 fully saturated rings. The predicted molar refractivity (Wildman–Crippen MR) is 107 cm³/mol. The number of amides is 1. The topological polar surface area (TPSA) is 66.7 Å². The zero-order chi connectivity index (χ0) is 19.6. The van der Waals surface area contributed by atoms with Gasteiger partial charge in [-0.2, -0.15) is 0 Å². The Hall–Kier alpha value is -2.89. The van der Waals surface area contributed by atoms with Crippen molar-refractivity contribution < 1.29 is 9.72 Å². The highest BCUT2D eigenvalue weighted by molar-refractivity contribution is 5.95. The van der Waals surface area contributed by atoms with E-state index in [2.05, 4.69) is 6.07 Å². The van der Waals surface area contributed by atoms with Gasteiger partial charge in [-0.1, -0.05) is 29.8 Å². The van der Waals surface area contributed by atoms with Gasteiger partial charge in [0, 0.05) is 37.8 Å². The van der Waals surface area contributed by atoms with E-state index in [-0.39, 0.29) is 22.4 Å². The Morgan fingerprint density at radius 3 is 2.44 bits per heavy atom. The van der Waals surface area contributed by atoms with Crippen LogP contribution >= 0.6 is 0 Å². The van der Waals surface area contributed by atoms with Crippen molar-refractivity contribution in [3.05, 3.63) is 63.7 Å². The maximum absolute atomic E-state index is 13.0. The number of para-hydroxylation sites is 2. The van der Waals surface area contributed by atoms with Crippen LogP contribution in [-0.4, -0.2) is 31.0 Å². The Morgan fingerprint density at radius 1 is 1.15 bits per heavy atom. The van der Waals surface area contributed by atoms with Crippen LogP contribution in [0.4, 0.5) is 17.1 Å². The number of rotatable bonds is 4. The van der Waals surface area contributed by atoms with Gasteiger partial charge in [0.05, 0.1) is 4.92 Å². The lowest BCUT2D eigenvalue weighted by molar-refractivity contribution is -0.384. The van der Waals surface area contributed by atoms with Crippen molar-refractivity contribution in [2.75, 3.05) is 29.9 Å². The van der Waals surface area contributed by atoms with Crippen LogP contribution in [0.3, 0.4) is 0 Å². The average Bonchev–Trinajstić information content (AvgIpc) is 2.67. The van der Waals surface area contributed by atoms with E-state index in [1.165, 1.54) is 11.6 Å². The van der Waals surface area contributed by atoms with Crippen molar-refractivity contribution in [2.45, 2.75) is 26.7 Å². The highest BCUT2D eigenvalue weighted by Gasteiger charge is 2.30. The van der Waals surface area contributed by atoms with Gasteiger partial charge in [0.2, 0.25) is 5.91 Å². The number of nitro groups is 1. The molecule has 0 aromatic heterocycles. The highest BCUT2D eigenvalue weighted by atomic mass is 16.6. The monoisotopic (exact) mass is 367 g/mol. The summed E-state index contributed by atoms with van der Waals surface area (Å²) < 4.78 is 0. The molecular weight excluding hydrogens is 342 g/mol. The van der Waals surface area contributed by atoms with Crippen LogP contribution in [0.5, 0.6) is 0 Å². The molecule has 1 aliphatic heterocycles. The lowest BCUT2D eigenvalue weighted by Gasteiger charge is -2.34. The van der Waals surface area contributed by atoms with E-state index < -0.39 is 0 Å². The van der Waals surface area contributed by atoms with Crippen molar-refractivity contribution in [2.24, 2.45) is 5.92 Å². The van der Waals surface area contributed by atoms with Crippen LogP contribution in [0.15, 0.2) is 42.5 Å². The Labute approximate surface area is 159 Å². The third kappa shape index (κ3) is 3.94. The number of nitro benzene ring substituents is 1. The Balaban J connectivity index is 1.68. The molecule has 142 valence electrons. The Bertz CT molecular complexity index is 858. The van der Waals surface area contributed by atoms with Crippen LogP contribution in [0.1, 0.15) is 24.0 Å². The lowest BCUT2D eigenvalue weighted by Crippen LogP contribution is -2.41. The van der Waals surface area contributed by atoms with Crippen molar-refractivity contribution in [1.82, 2.24) is 0 Å². The van der Waals surface area contributed by atoms with Crippen LogP contribution in [0.2, 0.25) is 0 Å². The number of piperidine rings is 1. The van der Waals surface area contributed by atoms with Gasteiger partial charge in [-0.25, -0.2) is 0 Å². The molecule has 0 bridgehead atoms. The second kappa shape index (κ2) is 7.78. The number of nitrogens with zero attached hydrogens (tertiary/aromatic N) is 3. The van der Waals surface area contributed by atoms with Crippen LogP contribution in [0, 0.1) is 29.9 Å². The second-order valence-electron chi connectivity index (χ2n) is 7.19. The van der Waals surface area contributed by atoms with Crippen molar-refractivity contribution in [1.29, 1.82) is 0 Å². The molecule has 1 saturated heterocycles. The van der Waals surface area contributed by atoms with Gasteiger partial charge < -0.3 is 9.80 Å². The number of aryl methyl sites for hydroxylation is 2. The second-order valence-corrected chi connectivity index (χ2v) is 7.19. The largest absolute Gasteiger partial charge is 0.366 e. The minimum Gasteiger partial charge on any atom is -0.366 e. The fourth-order valence-corrected chi connectivity index (χ4v) is 3.83. The molecule has 0 saturated carbocycles. The summed E-state index contributed by atoms with van der Waals surface area (Å²) in [6.07, 6.45) is 1.39. The summed E-state index contributed by atoms with van der Waals surface area (Å²) in [5.74, 6) is 0.0545. The van der Waals surface area contributed by atoms with E-state index in [0.717, 1.165) is 11.3 Å². The first-order valence-corrected chi connectivity index (χ1v) is 9.21. The van der Waals surface area contributed by atoms with Gasteiger partial charge in [-0.05, 0) is 44.4 Å². The molecule has 0 aliphatic carbocycles. The minimum atomic E-state index is -0.347. The van der Waals surface area contributed by atoms with Crippen LogP contribution in [0.25, 0.3) is 0 Å². The summed E-state index contributed by atoms with van der Waals surface area (Å²) in [5.41, 5.74) is 3.95. The maximum Gasteiger partial charge on any atom is 0.292 e. The summed E-state index contributed by atoms with van der Waals surface area (Å²) in [5, 5.41) is 11.3. The quantitative estimate of drug-likeness (QED) is 0.603. The molecule has 1 heterocycles. The number of hydrogen-bond acceptors (Lipinski definition) is 4. The van der Waals surface area contributed by atoms with E-state index >= 15 is 0 Å². The molecule has 1 amide bonds. The molecule has 2 aromatic rings. The number of anilines is 2. The fraction of sp³-hybridized carbons (Fsp3) is 0.381. The van der Waals surface area contributed by atoms with Crippen LogP contribution < -0.4 is 9.80 Å². The molecule has 27 heavy (non-hydrogen) atoms. The molecule has 1 aliphatic rings. The average molecular weight is 367 g/mol. The van der Waals surface area contributed by atoms with Gasteiger partial charge in [0.25, 0.3) is 5.69 Å². The number of hydrogen-bond donors (Lipinski definition) is 0. The summed E-state index contributed by atoms with van der Waals surface area (Å²) >= 11 is 0. The van der Waals surface area contributed by atoms with E-state index in [0.29, 0.717) is 31.6 Å². The Morgan fingerprint density at radius 2 is 1.81 bits per heavy atom. The predicted octanol–water partition coefficient (Wildman–Crippen LogP) is 4.09. The molecule has 0 unspecified atom stereocenters. The zero-order valence-electron chi connectivity index (χ0n) is 16.0. The molecule has 6 heteroatoms. The van der Waals surface area contributed by atoms with E-state index in [9.17, 15) is 14.9 Å². The van der Waals surface area contributed by atoms with E-state index in [1.54, 1.807) is 17.0 Å². The van der Waals surface area contributed by atoms with Crippen molar-refractivity contribution in [3.8, 4) is 0 Å². The molecule has 0 spiro atoms. The molecule has 3 rings (SSSR count). The molecular formula is C21H25N3O3. The SMILES string of the molecule is Cc1ccc(N(C)C(=O)C2CCN(c3ccccc3[N+](=O)[O-])CC2)c(C)c1. The van der Waals surface area contributed by atoms with Gasteiger partial charge in [-0.3, -0.25) is 14.9 Å². The van der Waals surface area contributed by atoms with Crippen molar-refractivity contribution in [3.63, 3.8) is 0 Å². The van der Waals surface area contributed by atoms with Crippen LogP contribution in [-0.2, 0) is 4.79 Å². The number of carbonyl (C=O) groups is 1. The third-order valence-corrected chi connectivity index (χ3v) is 5.31. The van der Waals surface area contributed by atoms with Gasteiger partial charge in [0.1, 0.15) is 5.69 Å². The molecule has 2 aromatic carbocycles. The van der Waals surface area contributed by atoms with Gasteiger partial charge in [0.15, 0.2) is 0 Å². The standard InChI is InChI=1S/C21H25N3O3/c1-15-8-9-18(16(2)14-15)22(3)21(25)17-10-12-23(13-11-17)19-6-4-5-7-20(19)24(26)27/h4-9,14,17H,10-13H2,1-3H3. The molecule has 6 nitrogen and oxygen atoms in total. The highest BCUT2D eigenvalue weighted by Crippen LogP contribution is 2.32. The van der Waals surface area contributed by atoms with Gasteiger partial charge in [-0.15, -0.1) is 0 Å². The summed E-state index contributed by atoms with van der Waals surface area (Å²) in [7, 11) is 1.83. The number of benzene rings is 2. The smallest absolute Gasteiger partial charge is 0.292 e. The van der Waals surface area contributed by atoms with E-state index in [1.807, 2.05) is 44.0 Å².